The molecule has 1 aliphatic carbocycles. The zero-order valence-electron chi connectivity index (χ0n) is 9.79. The standard InChI is InChI=1S/C13H13BrClN3/c14-10-6-5-8(7-11(10)15)18-12-4-2-1-3-9(12)13(16)17-18/h5-7H,1-4H2,(H2,16,17). The van der Waals surface area contributed by atoms with Crippen LogP contribution in [-0.4, -0.2) is 9.78 Å². The van der Waals surface area contributed by atoms with Crippen LogP contribution < -0.4 is 5.73 Å². The van der Waals surface area contributed by atoms with Crippen molar-refractivity contribution in [2.24, 2.45) is 0 Å². The number of aromatic nitrogens is 2. The number of hydrogen-bond acceptors (Lipinski definition) is 2. The number of halogens is 2. The van der Waals surface area contributed by atoms with Crippen LogP contribution in [0.25, 0.3) is 5.69 Å². The minimum atomic E-state index is 0.656. The lowest BCUT2D eigenvalue weighted by Gasteiger charge is -2.14. The van der Waals surface area contributed by atoms with Gasteiger partial charge in [0.15, 0.2) is 0 Å². The maximum absolute atomic E-state index is 6.13. The summed E-state index contributed by atoms with van der Waals surface area (Å²) in [6.45, 7) is 0. The minimum absolute atomic E-state index is 0.656. The lowest BCUT2D eigenvalue weighted by molar-refractivity contribution is 0.653. The summed E-state index contributed by atoms with van der Waals surface area (Å²) in [6, 6.07) is 5.84. The maximum atomic E-state index is 6.13. The van der Waals surface area contributed by atoms with Crippen molar-refractivity contribution in [1.82, 2.24) is 9.78 Å². The van der Waals surface area contributed by atoms with Crippen molar-refractivity contribution in [1.29, 1.82) is 0 Å². The fourth-order valence-corrected chi connectivity index (χ4v) is 2.88. The van der Waals surface area contributed by atoms with Crippen molar-refractivity contribution in [3.63, 3.8) is 0 Å². The molecule has 0 saturated heterocycles. The van der Waals surface area contributed by atoms with E-state index in [0.717, 1.165) is 23.0 Å². The lowest BCUT2D eigenvalue weighted by atomic mass is 9.97. The summed E-state index contributed by atoms with van der Waals surface area (Å²) in [7, 11) is 0. The van der Waals surface area contributed by atoms with Gasteiger partial charge in [-0.25, -0.2) is 4.68 Å². The first-order valence-electron chi connectivity index (χ1n) is 5.98. The van der Waals surface area contributed by atoms with E-state index in [4.69, 9.17) is 17.3 Å². The Morgan fingerprint density at radius 1 is 1.28 bits per heavy atom. The predicted molar refractivity (Wildman–Crippen MR) is 77.3 cm³/mol. The van der Waals surface area contributed by atoms with Gasteiger partial charge in [-0.3, -0.25) is 0 Å². The highest BCUT2D eigenvalue weighted by Gasteiger charge is 2.20. The highest BCUT2D eigenvalue weighted by atomic mass is 79.9. The topological polar surface area (TPSA) is 43.8 Å². The van der Waals surface area contributed by atoms with Crippen LogP contribution in [0.1, 0.15) is 24.1 Å². The molecule has 1 aromatic heterocycles. The van der Waals surface area contributed by atoms with E-state index < -0.39 is 0 Å². The van der Waals surface area contributed by atoms with Crippen LogP contribution in [-0.2, 0) is 12.8 Å². The second kappa shape index (κ2) is 4.59. The number of hydrogen-bond donors (Lipinski definition) is 1. The number of anilines is 1. The van der Waals surface area contributed by atoms with Crippen molar-refractivity contribution in [3.8, 4) is 5.69 Å². The van der Waals surface area contributed by atoms with E-state index in [1.54, 1.807) is 0 Å². The Balaban J connectivity index is 2.14. The van der Waals surface area contributed by atoms with Crippen LogP contribution in [0.2, 0.25) is 5.02 Å². The highest BCUT2D eigenvalue weighted by molar-refractivity contribution is 9.10. The van der Waals surface area contributed by atoms with E-state index in [9.17, 15) is 0 Å². The molecule has 0 amide bonds. The third kappa shape index (κ3) is 1.93. The van der Waals surface area contributed by atoms with Gasteiger partial charge in [-0.15, -0.1) is 0 Å². The summed E-state index contributed by atoms with van der Waals surface area (Å²) in [5, 5.41) is 5.14. The van der Waals surface area contributed by atoms with Gasteiger partial charge < -0.3 is 5.73 Å². The molecule has 0 unspecified atom stereocenters. The lowest BCUT2D eigenvalue weighted by Crippen LogP contribution is -2.07. The van der Waals surface area contributed by atoms with Crippen molar-refractivity contribution in [3.05, 3.63) is 39.0 Å². The molecule has 3 rings (SSSR count). The molecule has 3 nitrogen and oxygen atoms in total. The van der Waals surface area contributed by atoms with Crippen LogP contribution in [0, 0.1) is 0 Å². The number of nitrogens with two attached hydrogens (primary N) is 1. The van der Waals surface area contributed by atoms with Crippen LogP contribution in [0.15, 0.2) is 22.7 Å². The second-order valence-corrected chi connectivity index (χ2v) is 5.79. The van der Waals surface area contributed by atoms with Gasteiger partial charge >= 0.3 is 0 Å². The first kappa shape index (κ1) is 12.1. The first-order chi connectivity index (χ1) is 8.66. The van der Waals surface area contributed by atoms with E-state index in [1.165, 1.54) is 24.1 Å². The van der Waals surface area contributed by atoms with Gasteiger partial charge in [0.2, 0.25) is 0 Å². The fourth-order valence-electron chi connectivity index (χ4n) is 2.46. The van der Waals surface area contributed by atoms with Crippen molar-refractivity contribution in [2.75, 3.05) is 5.73 Å². The summed E-state index contributed by atoms with van der Waals surface area (Å²) in [5.74, 6) is 0.656. The van der Waals surface area contributed by atoms with Gasteiger partial charge in [0.05, 0.1) is 10.7 Å². The number of nitrogen functional groups attached to an aromatic ring is 1. The van der Waals surface area contributed by atoms with Gasteiger partial charge in [-0.1, -0.05) is 11.6 Å². The zero-order valence-corrected chi connectivity index (χ0v) is 12.1. The summed E-state index contributed by atoms with van der Waals surface area (Å²) in [4.78, 5) is 0. The number of nitrogens with zero attached hydrogens (tertiary/aromatic N) is 2. The molecule has 1 heterocycles. The van der Waals surface area contributed by atoms with E-state index in [1.807, 2.05) is 22.9 Å². The Hall–Kier alpha value is -1.00. The molecule has 0 atom stereocenters. The molecule has 0 spiro atoms. The van der Waals surface area contributed by atoms with Crippen molar-refractivity contribution >= 4 is 33.3 Å². The normalized spacial score (nSPS) is 14.6. The highest BCUT2D eigenvalue weighted by Crippen LogP contribution is 2.30. The van der Waals surface area contributed by atoms with Crippen LogP contribution in [0.4, 0.5) is 5.82 Å². The Bertz CT molecular complexity index is 607. The Morgan fingerprint density at radius 3 is 2.83 bits per heavy atom. The summed E-state index contributed by atoms with van der Waals surface area (Å²) in [6.07, 6.45) is 4.46. The molecule has 0 saturated carbocycles. The Morgan fingerprint density at radius 2 is 2.06 bits per heavy atom. The van der Waals surface area contributed by atoms with Gasteiger partial charge in [-0.2, -0.15) is 5.10 Å². The van der Waals surface area contributed by atoms with Gasteiger partial charge in [0.25, 0.3) is 0 Å². The molecule has 0 aliphatic heterocycles. The van der Waals surface area contributed by atoms with E-state index in [-0.39, 0.29) is 0 Å². The maximum Gasteiger partial charge on any atom is 0.149 e. The average Bonchev–Trinajstić information content (AvgIpc) is 2.71. The average molecular weight is 327 g/mol. The molecular formula is C13H13BrClN3. The molecule has 2 N–H and O–H groups in total. The summed E-state index contributed by atoms with van der Waals surface area (Å²) < 4.78 is 2.82. The Labute approximate surface area is 119 Å². The molecule has 0 bridgehead atoms. The van der Waals surface area contributed by atoms with E-state index >= 15 is 0 Å². The molecular weight excluding hydrogens is 314 g/mol. The molecule has 1 aromatic carbocycles. The van der Waals surface area contributed by atoms with E-state index in [2.05, 4.69) is 21.0 Å². The molecule has 0 radical (unpaired) electrons. The SMILES string of the molecule is Nc1nn(-c2ccc(Br)c(Cl)c2)c2c1CCCC2. The fraction of sp³-hybridized carbons (Fsp3) is 0.308. The third-order valence-electron chi connectivity index (χ3n) is 3.36. The molecule has 18 heavy (non-hydrogen) atoms. The smallest absolute Gasteiger partial charge is 0.149 e. The monoisotopic (exact) mass is 325 g/mol. The van der Waals surface area contributed by atoms with E-state index in [0.29, 0.717) is 10.8 Å². The van der Waals surface area contributed by atoms with Crippen molar-refractivity contribution < 1.29 is 0 Å². The molecule has 0 fully saturated rings. The zero-order chi connectivity index (χ0) is 12.7. The van der Waals surface area contributed by atoms with Gasteiger partial charge in [-0.05, 0) is 59.8 Å². The Kier molecular flexibility index (Phi) is 3.08. The summed E-state index contributed by atoms with van der Waals surface area (Å²) in [5.41, 5.74) is 9.41. The van der Waals surface area contributed by atoms with Crippen LogP contribution >= 0.6 is 27.5 Å². The number of fused-ring (bicyclic) bond motifs is 1. The first-order valence-corrected chi connectivity index (χ1v) is 7.15. The number of benzene rings is 1. The molecule has 1 aliphatic rings. The van der Waals surface area contributed by atoms with Crippen LogP contribution in [0.5, 0.6) is 0 Å². The second-order valence-electron chi connectivity index (χ2n) is 4.53. The third-order valence-corrected chi connectivity index (χ3v) is 4.59. The largest absolute Gasteiger partial charge is 0.382 e. The molecule has 2 aromatic rings. The van der Waals surface area contributed by atoms with Crippen molar-refractivity contribution in [2.45, 2.75) is 25.7 Å². The summed E-state index contributed by atoms with van der Waals surface area (Å²) >= 11 is 9.53. The molecule has 94 valence electrons. The molecule has 5 heteroatoms. The van der Waals surface area contributed by atoms with Gasteiger partial charge in [0, 0.05) is 15.7 Å². The number of rotatable bonds is 1. The predicted octanol–water partition coefficient (Wildman–Crippen LogP) is 3.75. The minimum Gasteiger partial charge on any atom is -0.382 e. The quantitative estimate of drug-likeness (QED) is 0.867. The van der Waals surface area contributed by atoms with Crippen LogP contribution in [0.3, 0.4) is 0 Å². The van der Waals surface area contributed by atoms with Gasteiger partial charge in [0.1, 0.15) is 5.82 Å².